The number of amides is 2. The van der Waals surface area contributed by atoms with E-state index in [4.69, 9.17) is 0 Å². The molecule has 2 amide bonds. The van der Waals surface area contributed by atoms with E-state index < -0.39 is 23.0 Å². The van der Waals surface area contributed by atoms with E-state index in [0.717, 1.165) is 0 Å². The summed E-state index contributed by atoms with van der Waals surface area (Å²) in [5, 5.41) is 14.2. The molecule has 3 N–H and O–H groups in total. The van der Waals surface area contributed by atoms with Gasteiger partial charge in [-0.15, -0.1) is 22.5 Å². The summed E-state index contributed by atoms with van der Waals surface area (Å²) in [6, 6.07) is -0.872. The summed E-state index contributed by atoms with van der Waals surface area (Å²) in [6.45, 7) is 0.0416. The van der Waals surface area contributed by atoms with E-state index in [2.05, 4.69) is 30.2 Å². The summed E-state index contributed by atoms with van der Waals surface area (Å²) < 4.78 is 4.67. The molecule has 1 unspecified atom stereocenters. The fourth-order valence-electron chi connectivity index (χ4n) is 2.14. The van der Waals surface area contributed by atoms with Crippen molar-refractivity contribution < 1.29 is 29.0 Å². The summed E-state index contributed by atoms with van der Waals surface area (Å²) in [7, 11) is 1.23. The second kappa shape index (κ2) is 14.2. The average molecular weight is 422 g/mol. The standard InChI is InChI=1S/C15H23N5O7.ClH/c1-26-15(23)12(8-11-9-16-10-18-11)19-14(22)5-6-17-13(21)4-2-3-7-27-20(24)25;/h9-10,12H,2-8H2,1H3,(H,16,18)(H,17,21)(H,19,22);1H. The molecule has 1 atom stereocenters. The predicted octanol–water partition coefficient (Wildman–Crippen LogP) is -0.0833. The molecule has 1 aromatic heterocycles. The van der Waals surface area contributed by atoms with Gasteiger partial charge in [-0.3, -0.25) is 9.59 Å². The lowest BCUT2D eigenvalue weighted by atomic mass is 10.1. The Morgan fingerprint density at radius 2 is 2.04 bits per heavy atom. The normalized spacial score (nSPS) is 10.9. The maximum atomic E-state index is 12.0. The van der Waals surface area contributed by atoms with E-state index in [1.807, 2.05) is 0 Å². The van der Waals surface area contributed by atoms with Gasteiger partial charge in [0.1, 0.15) is 6.04 Å². The van der Waals surface area contributed by atoms with Crippen LogP contribution in [0.15, 0.2) is 12.5 Å². The van der Waals surface area contributed by atoms with Crippen molar-refractivity contribution in [2.24, 2.45) is 0 Å². The molecule has 0 radical (unpaired) electrons. The average Bonchev–Trinajstić information content (AvgIpc) is 3.13. The fraction of sp³-hybridized carbons (Fsp3) is 0.600. The SMILES string of the molecule is COC(=O)C(Cc1c[nH]cn1)NC(=O)CCNC(=O)CCCCO[N+](=O)[O-].Cl. The van der Waals surface area contributed by atoms with E-state index >= 15 is 0 Å². The first-order valence-corrected chi connectivity index (χ1v) is 8.31. The Hall–Kier alpha value is -2.89. The quantitative estimate of drug-likeness (QED) is 0.172. The molecule has 1 heterocycles. The van der Waals surface area contributed by atoms with E-state index in [1.165, 1.54) is 13.4 Å². The third-order valence-electron chi connectivity index (χ3n) is 3.46. The van der Waals surface area contributed by atoms with Gasteiger partial charge in [-0.05, 0) is 12.8 Å². The van der Waals surface area contributed by atoms with Gasteiger partial charge in [0.2, 0.25) is 11.8 Å². The van der Waals surface area contributed by atoms with Crippen molar-refractivity contribution in [3.8, 4) is 0 Å². The number of rotatable bonds is 13. The van der Waals surface area contributed by atoms with Gasteiger partial charge in [-0.25, -0.2) is 9.78 Å². The number of carbonyl (C=O) groups excluding carboxylic acids is 3. The number of aromatic amines is 1. The molecule has 0 saturated heterocycles. The van der Waals surface area contributed by atoms with Crippen LogP contribution in [0, 0.1) is 10.1 Å². The molecule has 0 bridgehead atoms. The number of ether oxygens (including phenoxy) is 1. The van der Waals surface area contributed by atoms with Crippen LogP contribution in [0.1, 0.15) is 31.4 Å². The molecule has 1 aromatic rings. The van der Waals surface area contributed by atoms with Crippen molar-refractivity contribution in [3.63, 3.8) is 0 Å². The number of imidazole rings is 1. The van der Waals surface area contributed by atoms with E-state index in [1.54, 1.807) is 6.20 Å². The van der Waals surface area contributed by atoms with Crippen molar-refractivity contribution in [2.45, 2.75) is 38.1 Å². The first-order chi connectivity index (χ1) is 12.9. The highest BCUT2D eigenvalue weighted by Gasteiger charge is 2.22. The smallest absolute Gasteiger partial charge is 0.328 e. The molecule has 0 aromatic carbocycles. The molecule has 13 heteroatoms. The minimum absolute atomic E-state index is 0. The Balaban J connectivity index is 0.00000729. The van der Waals surface area contributed by atoms with Gasteiger partial charge < -0.3 is 25.2 Å². The lowest BCUT2D eigenvalue weighted by molar-refractivity contribution is -0.757. The summed E-state index contributed by atoms with van der Waals surface area (Å²) in [4.78, 5) is 56.2. The molecule has 0 saturated carbocycles. The van der Waals surface area contributed by atoms with Crippen LogP contribution >= 0.6 is 12.4 Å². The number of unbranched alkanes of at least 4 members (excludes halogenated alkanes) is 1. The molecule has 1 rings (SSSR count). The number of methoxy groups -OCH3 is 1. The van der Waals surface area contributed by atoms with Crippen molar-refractivity contribution in [3.05, 3.63) is 28.3 Å². The van der Waals surface area contributed by atoms with Crippen LogP contribution in [-0.2, 0) is 30.4 Å². The first-order valence-electron chi connectivity index (χ1n) is 8.31. The van der Waals surface area contributed by atoms with Crippen molar-refractivity contribution in [1.82, 2.24) is 20.6 Å². The lowest BCUT2D eigenvalue weighted by Crippen LogP contribution is -2.44. The zero-order chi connectivity index (χ0) is 20.1. The molecular weight excluding hydrogens is 398 g/mol. The molecule has 0 fully saturated rings. The van der Waals surface area contributed by atoms with Crippen LogP contribution in [0.3, 0.4) is 0 Å². The lowest BCUT2D eigenvalue weighted by Gasteiger charge is -2.15. The number of hydrogen-bond donors (Lipinski definition) is 3. The third kappa shape index (κ3) is 11.0. The minimum Gasteiger partial charge on any atom is -0.467 e. The number of halogens is 1. The van der Waals surface area contributed by atoms with Crippen LogP contribution in [0.5, 0.6) is 0 Å². The molecular formula is C15H24ClN5O7. The number of esters is 1. The highest BCUT2D eigenvalue weighted by atomic mass is 35.5. The van der Waals surface area contributed by atoms with Crippen LogP contribution in [0.25, 0.3) is 0 Å². The Bertz CT molecular complexity index is 626. The molecule has 0 aliphatic heterocycles. The van der Waals surface area contributed by atoms with Crippen molar-refractivity contribution >= 4 is 30.2 Å². The molecule has 28 heavy (non-hydrogen) atoms. The summed E-state index contributed by atoms with van der Waals surface area (Å²) >= 11 is 0. The fourth-order valence-corrected chi connectivity index (χ4v) is 2.14. The molecule has 158 valence electrons. The van der Waals surface area contributed by atoms with Gasteiger partial charge in [0.25, 0.3) is 5.09 Å². The Morgan fingerprint density at radius 1 is 1.29 bits per heavy atom. The third-order valence-corrected chi connectivity index (χ3v) is 3.46. The maximum absolute atomic E-state index is 12.0. The van der Waals surface area contributed by atoms with Gasteiger partial charge in [0, 0.05) is 32.0 Å². The number of nitrogens with zero attached hydrogens (tertiary/aromatic N) is 2. The van der Waals surface area contributed by atoms with Crippen LogP contribution in [-0.4, -0.2) is 59.1 Å². The number of carbonyl (C=O) groups is 3. The molecule has 12 nitrogen and oxygen atoms in total. The monoisotopic (exact) mass is 421 g/mol. The Kier molecular flexibility index (Phi) is 12.7. The summed E-state index contributed by atoms with van der Waals surface area (Å²) in [5.41, 5.74) is 0.597. The molecule has 0 aliphatic rings. The molecule has 0 spiro atoms. The van der Waals surface area contributed by atoms with Crippen molar-refractivity contribution in [1.29, 1.82) is 0 Å². The van der Waals surface area contributed by atoms with E-state index in [0.29, 0.717) is 18.5 Å². The number of H-pyrrole nitrogens is 1. The second-order valence-electron chi connectivity index (χ2n) is 5.52. The van der Waals surface area contributed by atoms with E-state index in [-0.39, 0.29) is 50.7 Å². The van der Waals surface area contributed by atoms with Crippen LogP contribution in [0.4, 0.5) is 0 Å². The highest BCUT2D eigenvalue weighted by Crippen LogP contribution is 2.01. The zero-order valence-electron chi connectivity index (χ0n) is 15.3. The number of aromatic nitrogens is 2. The highest BCUT2D eigenvalue weighted by molar-refractivity contribution is 5.85. The maximum Gasteiger partial charge on any atom is 0.328 e. The second-order valence-corrected chi connectivity index (χ2v) is 5.52. The Morgan fingerprint density at radius 3 is 2.64 bits per heavy atom. The molecule has 0 aliphatic carbocycles. The zero-order valence-corrected chi connectivity index (χ0v) is 16.2. The predicted molar refractivity (Wildman–Crippen MR) is 97.9 cm³/mol. The Labute approximate surface area is 167 Å². The number of nitrogens with one attached hydrogen (secondary N) is 3. The number of hydrogen-bond acceptors (Lipinski definition) is 8. The van der Waals surface area contributed by atoms with Gasteiger partial charge in [-0.1, -0.05) is 0 Å². The van der Waals surface area contributed by atoms with Gasteiger partial charge in [0.15, 0.2) is 0 Å². The van der Waals surface area contributed by atoms with Crippen LogP contribution < -0.4 is 10.6 Å². The minimum atomic E-state index is -0.883. The first kappa shape index (κ1) is 25.1. The summed E-state index contributed by atoms with van der Waals surface area (Å²) in [6.07, 6.45) is 4.23. The van der Waals surface area contributed by atoms with Gasteiger partial charge >= 0.3 is 5.97 Å². The summed E-state index contributed by atoms with van der Waals surface area (Å²) in [5.74, 6) is -1.28. The van der Waals surface area contributed by atoms with Crippen LogP contribution in [0.2, 0.25) is 0 Å². The largest absolute Gasteiger partial charge is 0.467 e. The van der Waals surface area contributed by atoms with Crippen molar-refractivity contribution in [2.75, 3.05) is 20.3 Å². The topological polar surface area (TPSA) is 166 Å². The van der Waals surface area contributed by atoms with Gasteiger partial charge in [0.05, 0.1) is 25.7 Å². The van der Waals surface area contributed by atoms with Gasteiger partial charge in [-0.2, -0.15) is 0 Å². The van der Waals surface area contributed by atoms with E-state index in [9.17, 15) is 24.5 Å².